The Kier molecular flexibility index (Phi) is 8.15. The van der Waals surface area contributed by atoms with Crippen LogP contribution in [0, 0.1) is 12.7 Å². The van der Waals surface area contributed by atoms with Crippen molar-refractivity contribution in [1.29, 1.82) is 0 Å². The number of thioether (sulfide) groups is 1. The maximum Gasteiger partial charge on any atom is 0.255 e. The Morgan fingerprint density at radius 2 is 1.62 bits per heavy atom. The van der Waals surface area contributed by atoms with Crippen molar-refractivity contribution in [2.75, 3.05) is 10.6 Å². The van der Waals surface area contributed by atoms with Crippen molar-refractivity contribution >= 4 is 45.7 Å². The number of anilines is 2. The molecule has 2 amide bonds. The molecule has 0 aliphatic rings. The van der Waals surface area contributed by atoms with Crippen molar-refractivity contribution in [2.24, 2.45) is 0 Å². The molecule has 0 aliphatic carbocycles. The Labute approximate surface area is 234 Å². The number of amides is 2. The molecule has 0 bridgehead atoms. The minimum absolute atomic E-state index is 0.177. The first-order valence-electron chi connectivity index (χ1n) is 12.2. The fourth-order valence-corrected chi connectivity index (χ4v) is 5.65. The predicted octanol–water partition coefficient (Wildman–Crippen LogP) is 7.98. The van der Waals surface area contributed by atoms with Gasteiger partial charge in [0.15, 0.2) is 5.13 Å². The lowest BCUT2D eigenvalue weighted by Gasteiger charge is -2.16. The van der Waals surface area contributed by atoms with Gasteiger partial charge in [0.25, 0.3) is 5.91 Å². The summed E-state index contributed by atoms with van der Waals surface area (Å²) in [5, 5.41) is 7.62. The number of halogens is 1. The van der Waals surface area contributed by atoms with Gasteiger partial charge in [-0.2, -0.15) is 0 Å². The molecule has 0 radical (unpaired) electrons. The Morgan fingerprint density at radius 3 is 2.33 bits per heavy atom. The highest BCUT2D eigenvalue weighted by atomic mass is 32.2. The Bertz CT molecular complexity index is 1590. The number of nitrogens with zero attached hydrogens (tertiary/aromatic N) is 1. The molecular weight excluding hydrogens is 529 g/mol. The molecule has 1 aromatic heterocycles. The zero-order chi connectivity index (χ0) is 27.2. The third-order valence-corrected chi connectivity index (χ3v) is 7.89. The van der Waals surface area contributed by atoms with E-state index >= 15 is 0 Å². The quantitative estimate of drug-likeness (QED) is 0.191. The number of rotatable bonds is 8. The summed E-state index contributed by atoms with van der Waals surface area (Å²) >= 11 is 2.73. The molecule has 5 rings (SSSR count). The van der Waals surface area contributed by atoms with E-state index in [1.807, 2.05) is 85.1 Å². The number of aryl methyl sites for hydroxylation is 1. The average Bonchev–Trinajstić information content (AvgIpc) is 3.41. The summed E-state index contributed by atoms with van der Waals surface area (Å²) in [6.07, 6.45) is 0. The molecule has 1 atom stereocenters. The number of carbonyl (C=O) groups excluding carboxylic acids is 2. The van der Waals surface area contributed by atoms with Crippen LogP contribution in [0.4, 0.5) is 15.2 Å². The van der Waals surface area contributed by atoms with Crippen LogP contribution in [0.1, 0.15) is 26.7 Å². The van der Waals surface area contributed by atoms with Crippen molar-refractivity contribution in [3.8, 4) is 11.3 Å². The maximum absolute atomic E-state index is 13.4. The monoisotopic (exact) mass is 553 g/mol. The van der Waals surface area contributed by atoms with Crippen LogP contribution in [-0.2, 0) is 4.79 Å². The van der Waals surface area contributed by atoms with Crippen molar-refractivity contribution < 1.29 is 14.0 Å². The van der Waals surface area contributed by atoms with E-state index in [4.69, 9.17) is 0 Å². The zero-order valence-electron chi connectivity index (χ0n) is 20.9. The first kappa shape index (κ1) is 26.3. The first-order valence-corrected chi connectivity index (χ1v) is 13.9. The van der Waals surface area contributed by atoms with Gasteiger partial charge in [0, 0.05) is 27.1 Å². The molecular formula is C31H24FN3O2S2. The van der Waals surface area contributed by atoms with Crippen molar-refractivity contribution in [3.63, 3.8) is 0 Å². The van der Waals surface area contributed by atoms with Crippen LogP contribution in [0.5, 0.6) is 0 Å². The Hall–Kier alpha value is -4.27. The summed E-state index contributed by atoms with van der Waals surface area (Å²) in [6, 6.07) is 30.5. The smallest absolute Gasteiger partial charge is 0.255 e. The molecule has 0 saturated heterocycles. The van der Waals surface area contributed by atoms with Crippen molar-refractivity contribution in [2.45, 2.75) is 17.1 Å². The van der Waals surface area contributed by atoms with E-state index in [9.17, 15) is 14.0 Å². The highest BCUT2D eigenvalue weighted by Gasteiger charge is 2.23. The van der Waals surface area contributed by atoms with Gasteiger partial charge in [0.05, 0.1) is 5.69 Å². The second kappa shape index (κ2) is 12.1. The highest BCUT2D eigenvalue weighted by Crippen LogP contribution is 2.37. The normalized spacial score (nSPS) is 11.5. The van der Waals surface area contributed by atoms with Crippen LogP contribution in [-0.4, -0.2) is 16.8 Å². The van der Waals surface area contributed by atoms with Crippen LogP contribution in [0.2, 0.25) is 0 Å². The number of nitrogens with one attached hydrogen (secondary N) is 2. The van der Waals surface area contributed by atoms with E-state index in [1.54, 1.807) is 18.2 Å². The predicted molar refractivity (Wildman–Crippen MR) is 157 cm³/mol. The minimum atomic E-state index is -0.530. The molecule has 4 aromatic carbocycles. The van der Waals surface area contributed by atoms with Crippen LogP contribution < -0.4 is 10.6 Å². The van der Waals surface area contributed by atoms with Gasteiger partial charge in [0.1, 0.15) is 11.1 Å². The lowest BCUT2D eigenvalue weighted by atomic mass is 10.1. The van der Waals surface area contributed by atoms with Crippen LogP contribution >= 0.6 is 23.1 Å². The molecule has 0 fully saturated rings. The van der Waals surface area contributed by atoms with Crippen LogP contribution in [0.15, 0.2) is 113 Å². The van der Waals surface area contributed by atoms with Crippen molar-refractivity contribution in [1.82, 2.24) is 4.98 Å². The van der Waals surface area contributed by atoms with E-state index in [0.717, 1.165) is 21.6 Å². The van der Waals surface area contributed by atoms with Gasteiger partial charge in [-0.25, -0.2) is 9.37 Å². The fraction of sp³-hybridized carbons (Fsp3) is 0.0645. The van der Waals surface area contributed by atoms with E-state index in [-0.39, 0.29) is 17.6 Å². The molecule has 1 heterocycles. The molecule has 8 heteroatoms. The highest BCUT2D eigenvalue weighted by molar-refractivity contribution is 8.00. The summed E-state index contributed by atoms with van der Waals surface area (Å²) < 4.78 is 13.3. The van der Waals surface area contributed by atoms with Crippen LogP contribution in [0.25, 0.3) is 11.3 Å². The standard InChI is InChI=1S/C31H24FN3O2S2/c1-20-6-5-9-23(18-20)29(36)33-25-14-16-26(17-15-25)39-28(22-7-3-2-4-8-22)30(37)35-31-34-27(19-38-31)21-10-12-24(32)13-11-21/h2-19,28H,1H3,(H,33,36)(H,34,35,37). The minimum Gasteiger partial charge on any atom is -0.322 e. The molecule has 0 saturated carbocycles. The number of hydrogen-bond donors (Lipinski definition) is 2. The van der Waals surface area contributed by atoms with Crippen LogP contribution in [0.3, 0.4) is 0 Å². The van der Waals surface area contributed by atoms with E-state index < -0.39 is 5.25 Å². The summed E-state index contributed by atoms with van der Waals surface area (Å²) in [4.78, 5) is 31.4. The number of thiazole rings is 1. The van der Waals surface area contributed by atoms with Gasteiger partial charge >= 0.3 is 0 Å². The summed E-state index contributed by atoms with van der Waals surface area (Å²) in [5.74, 6) is -0.695. The number of aromatic nitrogens is 1. The van der Waals surface area contributed by atoms with Gasteiger partial charge in [-0.3, -0.25) is 9.59 Å². The third kappa shape index (κ3) is 6.79. The zero-order valence-corrected chi connectivity index (χ0v) is 22.6. The molecule has 5 nitrogen and oxygen atoms in total. The van der Waals surface area contributed by atoms with Gasteiger partial charge in [-0.1, -0.05) is 48.0 Å². The summed E-state index contributed by atoms with van der Waals surface area (Å²) in [6.45, 7) is 1.95. The summed E-state index contributed by atoms with van der Waals surface area (Å²) in [7, 11) is 0. The maximum atomic E-state index is 13.4. The average molecular weight is 554 g/mol. The number of benzene rings is 4. The second-order valence-electron chi connectivity index (χ2n) is 8.79. The van der Waals surface area contributed by atoms with Gasteiger partial charge < -0.3 is 10.6 Å². The third-order valence-electron chi connectivity index (χ3n) is 5.86. The number of carbonyl (C=O) groups is 2. The second-order valence-corrected chi connectivity index (χ2v) is 10.8. The first-order chi connectivity index (χ1) is 18.9. The number of hydrogen-bond acceptors (Lipinski definition) is 5. The van der Waals surface area contributed by atoms with E-state index in [1.165, 1.54) is 35.2 Å². The lowest BCUT2D eigenvalue weighted by molar-refractivity contribution is -0.115. The van der Waals surface area contributed by atoms with E-state index in [0.29, 0.717) is 22.1 Å². The molecule has 0 aliphatic heterocycles. The van der Waals surface area contributed by atoms with E-state index in [2.05, 4.69) is 15.6 Å². The summed E-state index contributed by atoms with van der Waals surface area (Å²) in [5.41, 5.74) is 4.58. The topological polar surface area (TPSA) is 71.1 Å². The van der Waals surface area contributed by atoms with Gasteiger partial charge in [-0.15, -0.1) is 23.1 Å². The Morgan fingerprint density at radius 1 is 0.872 bits per heavy atom. The van der Waals surface area contributed by atoms with Gasteiger partial charge in [0.2, 0.25) is 5.91 Å². The molecule has 194 valence electrons. The molecule has 1 unspecified atom stereocenters. The Balaban J connectivity index is 1.29. The van der Waals surface area contributed by atoms with Gasteiger partial charge in [-0.05, 0) is 73.2 Å². The SMILES string of the molecule is Cc1cccc(C(=O)Nc2ccc(SC(C(=O)Nc3nc(-c4ccc(F)cc4)cs3)c3ccccc3)cc2)c1. The molecule has 0 spiro atoms. The molecule has 39 heavy (non-hydrogen) atoms. The fourth-order valence-electron chi connectivity index (χ4n) is 3.90. The molecule has 5 aromatic rings. The molecule has 2 N–H and O–H groups in total. The van der Waals surface area contributed by atoms with Crippen molar-refractivity contribution in [3.05, 3.63) is 131 Å². The lowest BCUT2D eigenvalue weighted by Crippen LogP contribution is -2.19. The largest absolute Gasteiger partial charge is 0.322 e.